The number of carbonyl (C=O) groups is 2. The quantitative estimate of drug-likeness (QED) is 0.545. The van der Waals surface area contributed by atoms with E-state index in [0.717, 1.165) is 43.9 Å². The minimum Gasteiger partial charge on any atom is -0.480 e. The highest BCUT2D eigenvalue weighted by molar-refractivity contribution is 5.95. The van der Waals surface area contributed by atoms with E-state index in [1.54, 1.807) is 12.1 Å². The summed E-state index contributed by atoms with van der Waals surface area (Å²) < 4.78 is 10.9. The Balaban J connectivity index is 1.10. The SMILES string of the molecule is CNc1cc2c(c(C)n1)CC(CNCCC1CN(c3ccc4c(n3)NC(=O)CO4)C(=O)O1)C2. The Bertz CT molecular complexity index is 1090. The van der Waals surface area contributed by atoms with Gasteiger partial charge in [-0.1, -0.05) is 0 Å². The lowest BCUT2D eigenvalue weighted by Crippen LogP contribution is -2.30. The van der Waals surface area contributed by atoms with Crippen LogP contribution in [0.3, 0.4) is 0 Å². The van der Waals surface area contributed by atoms with Gasteiger partial charge in [-0.25, -0.2) is 14.8 Å². The van der Waals surface area contributed by atoms with Crippen LogP contribution in [0.1, 0.15) is 23.2 Å². The number of nitrogens with zero attached hydrogens (tertiary/aromatic N) is 3. The van der Waals surface area contributed by atoms with E-state index < -0.39 is 6.09 Å². The first kappa shape index (κ1) is 21.4. The lowest BCUT2D eigenvalue weighted by atomic mass is 10.1. The number of cyclic esters (lactones) is 1. The maximum absolute atomic E-state index is 12.4. The van der Waals surface area contributed by atoms with E-state index in [4.69, 9.17) is 9.47 Å². The van der Waals surface area contributed by atoms with E-state index in [2.05, 4.69) is 38.9 Å². The van der Waals surface area contributed by atoms with Crippen LogP contribution in [-0.4, -0.2) is 61.4 Å². The van der Waals surface area contributed by atoms with Gasteiger partial charge in [0.05, 0.1) is 6.54 Å². The van der Waals surface area contributed by atoms with Crippen LogP contribution in [0.5, 0.6) is 5.75 Å². The highest BCUT2D eigenvalue weighted by Crippen LogP contribution is 2.31. The number of hydrogen-bond donors (Lipinski definition) is 3. The number of aryl methyl sites for hydroxylation is 1. The second-order valence-electron chi connectivity index (χ2n) is 8.72. The number of pyridine rings is 2. The number of hydrogen-bond acceptors (Lipinski definition) is 8. The van der Waals surface area contributed by atoms with Gasteiger partial charge in [-0.2, -0.15) is 0 Å². The normalized spacial score (nSPS) is 21.2. The van der Waals surface area contributed by atoms with E-state index >= 15 is 0 Å². The molecule has 0 bridgehead atoms. The number of ether oxygens (including phenoxy) is 2. The van der Waals surface area contributed by atoms with Gasteiger partial charge >= 0.3 is 6.09 Å². The number of nitrogens with one attached hydrogen (secondary N) is 3. The van der Waals surface area contributed by atoms with Crippen LogP contribution < -0.4 is 25.6 Å². The summed E-state index contributed by atoms with van der Waals surface area (Å²) in [6.07, 6.45) is 2.18. The van der Waals surface area contributed by atoms with Crippen LogP contribution in [-0.2, 0) is 22.4 Å². The Hall–Kier alpha value is -3.40. The first-order chi connectivity index (χ1) is 16.0. The van der Waals surface area contributed by atoms with E-state index in [9.17, 15) is 9.59 Å². The number of aromatic nitrogens is 2. The Labute approximate surface area is 192 Å². The van der Waals surface area contributed by atoms with E-state index in [0.29, 0.717) is 29.8 Å². The monoisotopic (exact) mass is 452 g/mol. The molecule has 2 aromatic heterocycles. The van der Waals surface area contributed by atoms with Crippen LogP contribution >= 0.6 is 0 Å². The first-order valence-corrected chi connectivity index (χ1v) is 11.3. The molecule has 1 aliphatic carbocycles. The summed E-state index contributed by atoms with van der Waals surface area (Å²) in [5, 5.41) is 9.32. The van der Waals surface area contributed by atoms with Crippen molar-refractivity contribution in [3.63, 3.8) is 0 Å². The van der Waals surface area contributed by atoms with Crippen LogP contribution in [0.2, 0.25) is 0 Å². The molecule has 5 rings (SSSR count). The molecule has 0 spiro atoms. The smallest absolute Gasteiger partial charge is 0.415 e. The molecule has 2 unspecified atom stereocenters. The Morgan fingerprint density at radius 2 is 2.12 bits per heavy atom. The van der Waals surface area contributed by atoms with E-state index in [1.165, 1.54) is 16.0 Å². The minimum absolute atomic E-state index is 0.0325. The molecule has 0 aromatic carbocycles. The number of carbonyl (C=O) groups excluding carboxylic acids is 2. The number of fused-ring (bicyclic) bond motifs is 2. The van der Waals surface area contributed by atoms with Gasteiger partial charge in [-0.15, -0.1) is 0 Å². The molecule has 0 radical (unpaired) electrons. The maximum atomic E-state index is 12.4. The van der Waals surface area contributed by atoms with Crippen LogP contribution in [0.4, 0.5) is 22.2 Å². The van der Waals surface area contributed by atoms with Crippen molar-refractivity contribution < 1.29 is 19.1 Å². The third-order valence-electron chi connectivity index (χ3n) is 6.37. The highest BCUT2D eigenvalue weighted by Gasteiger charge is 2.34. The zero-order valence-electron chi connectivity index (χ0n) is 18.8. The molecule has 2 amide bonds. The number of amides is 2. The number of anilines is 3. The fraction of sp³-hybridized carbons (Fsp3) is 0.478. The summed E-state index contributed by atoms with van der Waals surface area (Å²) in [6, 6.07) is 5.56. The Morgan fingerprint density at radius 3 is 2.97 bits per heavy atom. The van der Waals surface area contributed by atoms with Gasteiger partial charge in [-0.05, 0) is 74.5 Å². The fourth-order valence-corrected chi connectivity index (χ4v) is 4.70. The molecule has 3 aliphatic rings. The van der Waals surface area contributed by atoms with E-state index in [1.807, 2.05) is 7.05 Å². The topological polar surface area (TPSA) is 118 Å². The van der Waals surface area contributed by atoms with Crippen LogP contribution in [0, 0.1) is 12.8 Å². The molecule has 2 aromatic rings. The summed E-state index contributed by atoms with van der Waals surface area (Å²) in [5.74, 6) is 2.47. The second kappa shape index (κ2) is 8.86. The largest absolute Gasteiger partial charge is 0.480 e. The molecular formula is C23H28N6O4. The van der Waals surface area contributed by atoms with Crippen molar-refractivity contribution in [1.82, 2.24) is 15.3 Å². The Kier molecular flexibility index (Phi) is 5.76. The van der Waals surface area contributed by atoms with Crippen molar-refractivity contribution in [1.29, 1.82) is 0 Å². The minimum atomic E-state index is -0.426. The van der Waals surface area contributed by atoms with E-state index in [-0.39, 0.29) is 18.6 Å². The third kappa shape index (κ3) is 4.43. The summed E-state index contributed by atoms with van der Waals surface area (Å²) in [7, 11) is 1.90. The molecule has 1 fully saturated rings. The predicted octanol–water partition coefficient (Wildman–Crippen LogP) is 1.88. The van der Waals surface area contributed by atoms with Gasteiger partial charge in [0, 0.05) is 12.7 Å². The average Bonchev–Trinajstić information content (AvgIpc) is 3.39. The predicted molar refractivity (Wildman–Crippen MR) is 123 cm³/mol. The summed E-state index contributed by atoms with van der Waals surface area (Å²) in [6.45, 7) is 4.15. The van der Waals surface area contributed by atoms with Crippen molar-refractivity contribution in [2.45, 2.75) is 32.3 Å². The third-order valence-corrected chi connectivity index (χ3v) is 6.37. The lowest BCUT2D eigenvalue weighted by Gasteiger charge is -2.19. The summed E-state index contributed by atoms with van der Waals surface area (Å²) >= 11 is 0. The number of rotatable bonds is 7. The first-order valence-electron chi connectivity index (χ1n) is 11.3. The zero-order valence-corrected chi connectivity index (χ0v) is 18.8. The van der Waals surface area contributed by atoms with Crippen LogP contribution in [0.15, 0.2) is 18.2 Å². The summed E-state index contributed by atoms with van der Waals surface area (Å²) in [5.41, 5.74) is 3.87. The van der Waals surface area contributed by atoms with Gasteiger partial charge in [0.25, 0.3) is 5.91 Å². The zero-order chi connectivity index (χ0) is 22.9. The molecule has 2 atom stereocenters. The molecular weight excluding hydrogens is 424 g/mol. The molecule has 2 aliphatic heterocycles. The molecule has 4 heterocycles. The highest BCUT2D eigenvalue weighted by atomic mass is 16.6. The molecule has 33 heavy (non-hydrogen) atoms. The summed E-state index contributed by atoms with van der Waals surface area (Å²) in [4.78, 5) is 34.4. The molecule has 10 nitrogen and oxygen atoms in total. The fourth-order valence-electron chi connectivity index (χ4n) is 4.70. The van der Waals surface area contributed by atoms with Gasteiger partial charge in [0.1, 0.15) is 17.7 Å². The van der Waals surface area contributed by atoms with Crippen molar-refractivity contribution in [2.75, 3.05) is 48.8 Å². The average molecular weight is 453 g/mol. The molecule has 174 valence electrons. The molecule has 0 saturated carbocycles. The lowest BCUT2D eigenvalue weighted by molar-refractivity contribution is -0.118. The molecule has 1 saturated heterocycles. The standard InChI is InChI=1S/C23H28N6O4/c1-13-17-8-14(7-15(17)9-19(24-2)26-13)10-25-6-5-16-11-29(23(31)33-16)20-4-3-18-22(27-20)28-21(30)12-32-18/h3-4,9,14,16,25H,5-8,10-12H2,1-2H3,(H,24,26)(H,27,28,30). The van der Waals surface area contributed by atoms with Crippen molar-refractivity contribution in [2.24, 2.45) is 5.92 Å². The van der Waals surface area contributed by atoms with Gasteiger partial charge in [0.2, 0.25) is 0 Å². The van der Waals surface area contributed by atoms with Gasteiger partial charge in [0.15, 0.2) is 18.2 Å². The maximum Gasteiger partial charge on any atom is 0.415 e. The molecule has 3 N–H and O–H groups in total. The van der Waals surface area contributed by atoms with Gasteiger partial charge in [-0.3, -0.25) is 9.69 Å². The van der Waals surface area contributed by atoms with Gasteiger partial charge < -0.3 is 25.4 Å². The Morgan fingerprint density at radius 1 is 1.24 bits per heavy atom. The van der Waals surface area contributed by atoms with Crippen molar-refractivity contribution >= 4 is 29.5 Å². The molecule has 10 heteroatoms. The van der Waals surface area contributed by atoms with Crippen LogP contribution in [0.25, 0.3) is 0 Å². The van der Waals surface area contributed by atoms with Crippen molar-refractivity contribution in [3.05, 3.63) is 35.0 Å². The second-order valence-corrected chi connectivity index (χ2v) is 8.72. The van der Waals surface area contributed by atoms with Crippen molar-refractivity contribution in [3.8, 4) is 5.75 Å².